The fourth-order valence-corrected chi connectivity index (χ4v) is 3.26. The van der Waals surface area contributed by atoms with Gasteiger partial charge in [0.1, 0.15) is 0 Å². The second-order valence-corrected chi connectivity index (χ2v) is 8.02. The molecule has 0 atom stereocenters. The molecule has 0 unspecified atom stereocenters. The summed E-state index contributed by atoms with van der Waals surface area (Å²) in [6.07, 6.45) is -1.31. The second-order valence-electron chi connectivity index (χ2n) is 6.45. The zero-order chi connectivity index (χ0) is 21.7. The van der Waals surface area contributed by atoms with Crippen LogP contribution in [0.2, 0.25) is 0 Å². The molecule has 0 radical (unpaired) electrons. The summed E-state index contributed by atoms with van der Waals surface area (Å²) in [5.41, 5.74) is -2.47. The molecule has 0 amide bonds. The maximum absolute atomic E-state index is 14.0. The molecule has 1 aliphatic rings. The van der Waals surface area contributed by atoms with Gasteiger partial charge in [-0.05, 0) is 18.8 Å². The quantitative estimate of drug-likeness (QED) is 0.275. The van der Waals surface area contributed by atoms with Gasteiger partial charge >= 0.3 is 27.5 Å². The van der Waals surface area contributed by atoms with Crippen molar-refractivity contribution >= 4 is 21.8 Å². The van der Waals surface area contributed by atoms with Crippen molar-refractivity contribution in [2.75, 3.05) is 6.61 Å². The van der Waals surface area contributed by atoms with Gasteiger partial charge in [-0.3, -0.25) is 4.28 Å². The Morgan fingerprint density at radius 3 is 2.17 bits per heavy atom. The van der Waals surface area contributed by atoms with Crippen LogP contribution in [-0.2, 0) is 23.9 Å². The number of nitrogens with zero attached hydrogens (tertiary/aromatic N) is 1. The van der Waals surface area contributed by atoms with Crippen LogP contribution in [0.5, 0.6) is 0 Å². The SMILES string of the molecule is O=C(OCC1CCCCC1)C(F)(F)S(=O)(=O)O/N=C(/c1ccccc1)C(F)(F)F. The van der Waals surface area contributed by atoms with Crippen molar-refractivity contribution in [3.05, 3.63) is 35.9 Å². The second kappa shape index (κ2) is 9.06. The third-order valence-corrected chi connectivity index (χ3v) is 5.33. The zero-order valence-corrected chi connectivity index (χ0v) is 15.8. The average Bonchev–Trinajstić information content (AvgIpc) is 2.66. The number of halogens is 5. The molecule has 12 heteroatoms. The number of rotatable bonds is 7. The van der Waals surface area contributed by atoms with E-state index in [9.17, 15) is 35.2 Å². The van der Waals surface area contributed by atoms with Crippen molar-refractivity contribution in [1.82, 2.24) is 0 Å². The fourth-order valence-electron chi connectivity index (χ4n) is 2.73. The largest absolute Gasteiger partial charge is 0.478 e. The summed E-state index contributed by atoms with van der Waals surface area (Å²) in [7, 11) is -6.17. The lowest BCUT2D eigenvalue weighted by Gasteiger charge is -2.22. The number of hydrogen-bond donors (Lipinski definition) is 0. The molecule has 0 N–H and O–H groups in total. The highest BCUT2D eigenvalue weighted by molar-refractivity contribution is 7.88. The Kier molecular flexibility index (Phi) is 7.20. The molecule has 1 aromatic carbocycles. The van der Waals surface area contributed by atoms with Crippen molar-refractivity contribution in [1.29, 1.82) is 0 Å². The Labute approximate surface area is 163 Å². The molecular weight excluding hydrogens is 425 g/mol. The maximum Gasteiger partial charge on any atom is 0.478 e. The molecule has 1 aliphatic carbocycles. The van der Waals surface area contributed by atoms with E-state index in [0.717, 1.165) is 31.4 Å². The first-order valence-electron chi connectivity index (χ1n) is 8.64. The minimum atomic E-state index is -6.17. The van der Waals surface area contributed by atoms with Gasteiger partial charge in [-0.15, -0.1) is 0 Å². The number of ether oxygens (including phenoxy) is 1. The molecule has 2 rings (SSSR count). The fraction of sp³-hybridized carbons (Fsp3) is 0.529. The van der Waals surface area contributed by atoms with E-state index in [-0.39, 0.29) is 5.92 Å². The van der Waals surface area contributed by atoms with Crippen LogP contribution < -0.4 is 0 Å². The molecule has 0 aliphatic heterocycles. The van der Waals surface area contributed by atoms with Gasteiger partial charge in [-0.25, -0.2) is 4.79 Å². The van der Waals surface area contributed by atoms with E-state index in [2.05, 4.69) is 14.2 Å². The van der Waals surface area contributed by atoms with E-state index in [0.29, 0.717) is 12.8 Å². The number of alkyl halides is 5. The number of hydrogen-bond acceptors (Lipinski definition) is 6. The van der Waals surface area contributed by atoms with Crippen LogP contribution in [0.25, 0.3) is 0 Å². The van der Waals surface area contributed by atoms with E-state index < -0.39 is 45.4 Å². The van der Waals surface area contributed by atoms with Crippen LogP contribution in [-0.4, -0.2) is 38.1 Å². The van der Waals surface area contributed by atoms with Crippen LogP contribution in [0.1, 0.15) is 37.7 Å². The summed E-state index contributed by atoms with van der Waals surface area (Å²) in [6.45, 7) is -0.412. The van der Waals surface area contributed by atoms with Crippen LogP contribution in [0.3, 0.4) is 0 Å². The molecule has 0 aromatic heterocycles. The minimum absolute atomic E-state index is 0.181. The third kappa shape index (κ3) is 5.87. The Morgan fingerprint density at radius 1 is 1.03 bits per heavy atom. The molecule has 0 spiro atoms. The summed E-state index contributed by atoms with van der Waals surface area (Å²) in [5.74, 6) is -2.61. The molecule has 0 bridgehead atoms. The average molecular weight is 443 g/mol. The Balaban J connectivity index is 2.14. The number of carbonyl (C=O) groups excluding carboxylic acids is 1. The summed E-state index contributed by atoms with van der Waals surface area (Å²) < 4.78 is 98.4. The standard InChI is InChI=1S/C17H18F5NO5S/c18-16(19,20)14(13-9-5-2-6-10-13)23-28-29(25,26)17(21,22)15(24)27-11-12-7-3-1-4-8-12/h2,5-6,9-10,12H,1,3-4,7-8,11H2/b23-14-. The predicted octanol–water partition coefficient (Wildman–Crippen LogP) is 4.02. The molecule has 1 saturated carbocycles. The highest BCUT2D eigenvalue weighted by Gasteiger charge is 2.57. The summed E-state index contributed by atoms with van der Waals surface area (Å²) in [6, 6.07) is 5.63. The lowest BCUT2D eigenvalue weighted by atomic mass is 9.90. The van der Waals surface area contributed by atoms with Crippen LogP contribution >= 0.6 is 0 Å². The van der Waals surface area contributed by atoms with Crippen molar-refractivity contribution in [3.63, 3.8) is 0 Å². The van der Waals surface area contributed by atoms with Gasteiger partial charge in [-0.2, -0.15) is 30.4 Å². The lowest BCUT2D eigenvalue weighted by Crippen LogP contribution is -2.41. The van der Waals surface area contributed by atoms with Crippen molar-refractivity contribution in [2.24, 2.45) is 11.1 Å². The molecule has 0 heterocycles. The number of carbonyl (C=O) groups is 1. The predicted molar refractivity (Wildman–Crippen MR) is 91.5 cm³/mol. The van der Waals surface area contributed by atoms with Crippen molar-refractivity contribution < 1.29 is 44.2 Å². The molecule has 162 valence electrons. The molecule has 1 fully saturated rings. The first-order chi connectivity index (χ1) is 13.4. The third-order valence-electron chi connectivity index (χ3n) is 4.27. The molecule has 0 saturated heterocycles. The normalized spacial score (nSPS) is 17.1. The van der Waals surface area contributed by atoms with Crippen LogP contribution in [0.15, 0.2) is 35.5 Å². The minimum Gasteiger partial charge on any atom is -0.460 e. The maximum atomic E-state index is 14.0. The first kappa shape index (κ1) is 23.0. The van der Waals surface area contributed by atoms with Gasteiger partial charge in [0.25, 0.3) is 0 Å². The highest BCUT2D eigenvalue weighted by atomic mass is 32.2. The topological polar surface area (TPSA) is 82.0 Å². The van der Waals surface area contributed by atoms with Gasteiger partial charge < -0.3 is 4.74 Å². The molecule has 29 heavy (non-hydrogen) atoms. The number of esters is 1. The van der Waals surface area contributed by atoms with Crippen molar-refractivity contribution in [3.8, 4) is 0 Å². The van der Waals surface area contributed by atoms with E-state index in [1.54, 1.807) is 0 Å². The molecule has 1 aromatic rings. The Bertz CT molecular complexity index is 834. The Hall–Kier alpha value is -2.24. The van der Waals surface area contributed by atoms with E-state index in [1.165, 1.54) is 18.2 Å². The number of benzene rings is 1. The Morgan fingerprint density at radius 2 is 1.62 bits per heavy atom. The monoisotopic (exact) mass is 443 g/mol. The van der Waals surface area contributed by atoms with Crippen molar-refractivity contribution in [2.45, 2.75) is 43.5 Å². The zero-order valence-electron chi connectivity index (χ0n) is 15.0. The smallest absolute Gasteiger partial charge is 0.460 e. The van der Waals surface area contributed by atoms with Gasteiger partial charge in [0.2, 0.25) is 0 Å². The molecule has 6 nitrogen and oxygen atoms in total. The van der Waals surface area contributed by atoms with Gasteiger partial charge in [0.05, 0.1) is 6.61 Å². The van der Waals surface area contributed by atoms with Crippen LogP contribution in [0.4, 0.5) is 22.0 Å². The summed E-state index contributed by atoms with van der Waals surface area (Å²) in [4.78, 5) is 11.6. The molecular formula is C17H18F5NO5S. The van der Waals surface area contributed by atoms with E-state index in [1.807, 2.05) is 0 Å². The summed E-state index contributed by atoms with van der Waals surface area (Å²) in [5, 5.41) is -2.87. The van der Waals surface area contributed by atoms with Gasteiger partial charge in [0, 0.05) is 5.56 Å². The lowest BCUT2D eigenvalue weighted by molar-refractivity contribution is -0.163. The van der Waals surface area contributed by atoms with E-state index in [4.69, 9.17) is 0 Å². The van der Waals surface area contributed by atoms with Crippen LogP contribution in [0, 0.1) is 5.92 Å². The first-order valence-corrected chi connectivity index (χ1v) is 10.0. The summed E-state index contributed by atoms with van der Waals surface area (Å²) >= 11 is 0. The van der Waals surface area contributed by atoms with Gasteiger partial charge in [-0.1, -0.05) is 54.8 Å². The van der Waals surface area contributed by atoms with Gasteiger partial charge in [0.15, 0.2) is 5.71 Å². The number of oxime groups is 1. The highest BCUT2D eigenvalue weighted by Crippen LogP contribution is 2.29. The van der Waals surface area contributed by atoms with E-state index >= 15 is 0 Å².